The molecule has 0 radical (unpaired) electrons. The third kappa shape index (κ3) is 3.45. The summed E-state index contributed by atoms with van der Waals surface area (Å²) in [6.07, 6.45) is 2.16. The molecule has 1 aromatic rings. The van der Waals surface area contributed by atoms with Crippen LogP contribution < -0.4 is 5.32 Å². The molecule has 1 aliphatic heterocycles. The summed E-state index contributed by atoms with van der Waals surface area (Å²) in [5.41, 5.74) is 0.699. The van der Waals surface area contributed by atoms with Crippen LogP contribution in [0.25, 0.3) is 0 Å². The molecule has 2 unspecified atom stereocenters. The minimum Gasteiger partial charge on any atom is -0.480 e. The van der Waals surface area contributed by atoms with Crippen LogP contribution in [0, 0.1) is 0 Å². The van der Waals surface area contributed by atoms with Crippen LogP contribution in [0.5, 0.6) is 0 Å². The van der Waals surface area contributed by atoms with Crippen LogP contribution in [0.2, 0.25) is 5.02 Å². The SMILES string of the molecule is O=C(O)C(NCC1CCCO1)c1ccc(Cl)cc1. The minimum absolute atomic E-state index is 0.124. The van der Waals surface area contributed by atoms with E-state index in [1.807, 2.05) is 0 Å². The van der Waals surface area contributed by atoms with Gasteiger partial charge < -0.3 is 9.84 Å². The van der Waals surface area contributed by atoms with E-state index in [9.17, 15) is 9.90 Å². The molecule has 1 saturated heterocycles. The maximum Gasteiger partial charge on any atom is 0.325 e. The van der Waals surface area contributed by atoms with E-state index in [0.29, 0.717) is 17.1 Å². The number of hydrogen-bond acceptors (Lipinski definition) is 3. The summed E-state index contributed by atoms with van der Waals surface area (Å²) in [7, 11) is 0. The van der Waals surface area contributed by atoms with Crippen LogP contribution in [0.15, 0.2) is 24.3 Å². The van der Waals surface area contributed by atoms with Crippen molar-refractivity contribution >= 4 is 17.6 Å². The van der Waals surface area contributed by atoms with Crippen LogP contribution in [-0.4, -0.2) is 30.3 Å². The Morgan fingerprint density at radius 3 is 2.78 bits per heavy atom. The number of carbonyl (C=O) groups is 1. The maximum atomic E-state index is 11.3. The van der Waals surface area contributed by atoms with Crippen molar-refractivity contribution in [2.45, 2.75) is 25.0 Å². The predicted molar refractivity (Wildman–Crippen MR) is 68.8 cm³/mol. The number of aliphatic carboxylic acids is 1. The summed E-state index contributed by atoms with van der Waals surface area (Å²) < 4.78 is 5.46. The third-order valence-corrected chi connectivity index (χ3v) is 3.28. The standard InChI is InChI=1S/C13H16ClNO3/c14-10-5-3-9(4-6-10)12(13(16)17)15-8-11-2-1-7-18-11/h3-6,11-12,15H,1-2,7-8H2,(H,16,17). The predicted octanol–water partition coefficient (Wildman–Crippen LogP) is 2.23. The lowest BCUT2D eigenvalue weighted by atomic mass is 10.1. The van der Waals surface area contributed by atoms with Gasteiger partial charge in [0.15, 0.2) is 0 Å². The molecule has 0 aromatic heterocycles. The first kappa shape index (κ1) is 13.3. The Morgan fingerprint density at radius 2 is 2.22 bits per heavy atom. The number of benzene rings is 1. The number of nitrogens with one attached hydrogen (secondary N) is 1. The Balaban J connectivity index is 1.99. The molecule has 5 heteroatoms. The van der Waals surface area contributed by atoms with Crippen molar-refractivity contribution < 1.29 is 14.6 Å². The summed E-state index contributed by atoms with van der Waals surface area (Å²) in [5, 5.41) is 12.9. The van der Waals surface area contributed by atoms with E-state index in [-0.39, 0.29) is 6.10 Å². The van der Waals surface area contributed by atoms with Gasteiger partial charge in [-0.1, -0.05) is 23.7 Å². The summed E-state index contributed by atoms with van der Waals surface area (Å²) in [6.45, 7) is 1.32. The van der Waals surface area contributed by atoms with E-state index in [1.165, 1.54) is 0 Å². The smallest absolute Gasteiger partial charge is 0.325 e. The fourth-order valence-electron chi connectivity index (χ4n) is 2.06. The Kier molecular flexibility index (Phi) is 4.58. The van der Waals surface area contributed by atoms with E-state index in [4.69, 9.17) is 16.3 Å². The third-order valence-electron chi connectivity index (χ3n) is 3.02. The zero-order chi connectivity index (χ0) is 13.0. The number of halogens is 1. The highest BCUT2D eigenvalue weighted by molar-refractivity contribution is 6.30. The van der Waals surface area contributed by atoms with Crippen molar-refractivity contribution in [3.63, 3.8) is 0 Å². The normalized spacial score (nSPS) is 20.8. The van der Waals surface area contributed by atoms with Gasteiger partial charge in [-0.15, -0.1) is 0 Å². The van der Waals surface area contributed by atoms with Crippen molar-refractivity contribution in [2.75, 3.05) is 13.2 Å². The summed E-state index contributed by atoms with van der Waals surface area (Å²) in [5.74, 6) is -0.893. The van der Waals surface area contributed by atoms with Gasteiger partial charge in [-0.05, 0) is 30.5 Å². The van der Waals surface area contributed by atoms with Crippen molar-refractivity contribution in [3.8, 4) is 0 Å². The van der Waals surface area contributed by atoms with E-state index in [1.54, 1.807) is 24.3 Å². The van der Waals surface area contributed by atoms with Gasteiger partial charge in [0.05, 0.1) is 6.10 Å². The fourth-order valence-corrected chi connectivity index (χ4v) is 2.18. The molecule has 4 nitrogen and oxygen atoms in total. The zero-order valence-electron chi connectivity index (χ0n) is 9.93. The van der Waals surface area contributed by atoms with E-state index in [2.05, 4.69) is 5.32 Å². The van der Waals surface area contributed by atoms with Gasteiger partial charge in [-0.3, -0.25) is 10.1 Å². The van der Waals surface area contributed by atoms with Gasteiger partial charge in [-0.25, -0.2) is 0 Å². The van der Waals surface area contributed by atoms with E-state index < -0.39 is 12.0 Å². The molecule has 2 rings (SSSR count). The average Bonchev–Trinajstić information content (AvgIpc) is 2.84. The van der Waals surface area contributed by atoms with Gasteiger partial charge in [0.2, 0.25) is 0 Å². The molecule has 0 bridgehead atoms. The molecular formula is C13H16ClNO3. The number of carboxylic acids is 1. The van der Waals surface area contributed by atoms with E-state index in [0.717, 1.165) is 19.4 Å². The molecule has 1 aromatic carbocycles. The Bertz CT molecular complexity index is 401. The molecule has 0 saturated carbocycles. The number of hydrogen-bond donors (Lipinski definition) is 2. The molecule has 1 aliphatic rings. The maximum absolute atomic E-state index is 11.3. The lowest BCUT2D eigenvalue weighted by Gasteiger charge is -2.17. The first-order valence-electron chi connectivity index (χ1n) is 6.00. The minimum atomic E-state index is -0.893. The topological polar surface area (TPSA) is 58.6 Å². The monoisotopic (exact) mass is 269 g/mol. The van der Waals surface area contributed by atoms with Crippen molar-refractivity contribution in [1.29, 1.82) is 0 Å². The van der Waals surface area contributed by atoms with Crippen LogP contribution in [-0.2, 0) is 9.53 Å². The highest BCUT2D eigenvalue weighted by Crippen LogP contribution is 2.18. The highest BCUT2D eigenvalue weighted by Gasteiger charge is 2.22. The molecule has 98 valence electrons. The fraction of sp³-hybridized carbons (Fsp3) is 0.462. The van der Waals surface area contributed by atoms with Crippen LogP contribution in [0.4, 0.5) is 0 Å². The number of rotatable bonds is 5. The van der Waals surface area contributed by atoms with Crippen molar-refractivity contribution in [1.82, 2.24) is 5.32 Å². The van der Waals surface area contributed by atoms with E-state index >= 15 is 0 Å². The summed E-state index contributed by atoms with van der Waals surface area (Å²) in [4.78, 5) is 11.3. The molecular weight excluding hydrogens is 254 g/mol. The number of ether oxygens (including phenoxy) is 1. The van der Waals surface area contributed by atoms with Gasteiger partial charge in [0, 0.05) is 18.2 Å². The second-order valence-corrected chi connectivity index (χ2v) is 4.80. The Morgan fingerprint density at radius 1 is 1.50 bits per heavy atom. The lowest BCUT2D eigenvalue weighted by Crippen LogP contribution is -2.34. The molecule has 18 heavy (non-hydrogen) atoms. The zero-order valence-corrected chi connectivity index (χ0v) is 10.7. The first-order chi connectivity index (χ1) is 8.66. The quantitative estimate of drug-likeness (QED) is 0.861. The lowest BCUT2D eigenvalue weighted by molar-refractivity contribution is -0.139. The van der Waals surface area contributed by atoms with Gasteiger partial charge in [-0.2, -0.15) is 0 Å². The summed E-state index contributed by atoms with van der Waals surface area (Å²) in [6, 6.07) is 6.13. The molecule has 0 amide bonds. The first-order valence-corrected chi connectivity index (χ1v) is 6.38. The van der Waals surface area contributed by atoms with Crippen molar-refractivity contribution in [2.24, 2.45) is 0 Å². The highest BCUT2D eigenvalue weighted by atomic mass is 35.5. The molecule has 1 fully saturated rings. The molecule has 2 atom stereocenters. The van der Waals surface area contributed by atoms with Gasteiger partial charge >= 0.3 is 5.97 Å². The second kappa shape index (κ2) is 6.18. The Hall–Kier alpha value is -1.10. The van der Waals surface area contributed by atoms with Crippen LogP contribution in [0.3, 0.4) is 0 Å². The largest absolute Gasteiger partial charge is 0.480 e. The Labute approximate surface area is 111 Å². The number of carboxylic acid groups (broad SMARTS) is 1. The van der Waals surface area contributed by atoms with Crippen molar-refractivity contribution in [3.05, 3.63) is 34.9 Å². The molecule has 1 heterocycles. The van der Waals surface area contributed by atoms with Crippen LogP contribution in [0.1, 0.15) is 24.4 Å². The van der Waals surface area contributed by atoms with Crippen LogP contribution >= 0.6 is 11.6 Å². The molecule has 0 spiro atoms. The van der Waals surface area contributed by atoms with Gasteiger partial charge in [0.1, 0.15) is 6.04 Å². The molecule has 2 N–H and O–H groups in total. The van der Waals surface area contributed by atoms with Gasteiger partial charge in [0.25, 0.3) is 0 Å². The summed E-state index contributed by atoms with van der Waals surface area (Å²) >= 11 is 5.79. The average molecular weight is 270 g/mol. The molecule has 0 aliphatic carbocycles. The second-order valence-electron chi connectivity index (χ2n) is 4.37.